The molecule has 32 heavy (non-hydrogen) atoms. The van der Waals surface area contributed by atoms with Crippen molar-refractivity contribution in [2.75, 3.05) is 26.3 Å². The maximum absolute atomic E-state index is 13.6. The Morgan fingerprint density at radius 1 is 1.09 bits per heavy atom. The van der Waals surface area contributed by atoms with E-state index >= 15 is 0 Å². The van der Waals surface area contributed by atoms with Crippen LogP contribution < -0.4 is 20.6 Å². The van der Waals surface area contributed by atoms with Crippen LogP contribution in [0.2, 0.25) is 0 Å². The third-order valence-corrected chi connectivity index (χ3v) is 7.18. The van der Waals surface area contributed by atoms with Crippen LogP contribution in [0.5, 0.6) is 5.75 Å². The fourth-order valence-corrected chi connectivity index (χ4v) is 5.60. The van der Waals surface area contributed by atoms with Crippen molar-refractivity contribution >= 4 is 24.1 Å². The lowest BCUT2D eigenvalue weighted by Gasteiger charge is -2.19. The summed E-state index contributed by atoms with van der Waals surface area (Å²) >= 11 is 1.53. The number of nitrogens with two attached hydrogens (primary N) is 1. The van der Waals surface area contributed by atoms with Gasteiger partial charge in [0.1, 0.15) is 12.4 Å². The Morgan fingerprint density at radius 2 is 1.94 bits per heavy atom. The van der Waals surface area contributed by atoms with E-state index in [4.69, 9.17) is 9.47 Å². The molecule has 1 aromatic heterocycles. The van der Waals surface area contributed by atoms with Gasteiger partial charge in [0.15, 0.2) is 0 Å². The molecule has 0 saturated carbocycles. The van der Waals surface area contributed by atoms with Gasteiger partial charge in [-0.2, -0.15) is 13.2 Å². The van der Waals surface area contributed by atoms with Crippen LogP contribution in [0.3, 0.4) is 0 Å². The number of benzene rings is 1. The minimum absolute atomic E-state index is 0.257. The van der Waals surface area contributed by atoms with E-state index in [-0.39, 0.29) is 12.3 Å². The number of nitrogens with zero attached hydrogens (tertiary/aromatic N) is 1. The van der Waals surface area contributed by atoms with E-state index < -0.39 is 11.7 Å². The highest BCUT2D eigenvalue weighted by Gasteiger charge is 2.33. The Hall–Kier alpha value is -2.16. The first kappa shape index (κ1) is 21.7. The van der Waals surface area contributed by atoms with Crippen LogP contribution in [0.25, 0.3) is 12.2 Å². The lowest BCUT2D eigenvalue weighted by Crippen LogP contribution is -2.86. The van der Waals surface area contributed by atoms with Gasteiger partial charge in [0.25, 0.3) is 0 Å². The molecule has 1 saturated heterocycles. The third kappa shape index (κ3) is 4.49. The average molecular weight is 464 g/mol. The molecule has 5 rings (SSSR count). The predicted molar refractivity (Wildman–Crippen MR) is 118 cm³/mol. The zero-order chi connectivity index (χ0) is 22.1. The Labute approximate surface area is 188 Å². The van der Waals surface area contributed by atoms with Crippen molar-refractivity contribution < 1.29 is 28.0 Å². The number of piperidine rings is 1. The number of alkyl halides is 3. The molecule has 8 heteroatoms. The molecule has 0 radical (unpaired) electrons. The second-order valence-corrected chi connectivity index (χ2v) is 9.40. The van der Waals surface area contributed by atoms with E-state index in [1.54, 1.807) is 0 Å². The Balaban J connectivity index is 1.56. The average Bonchev–Trinajstić information content (AvgIpc) is 2.97. The molecule has 170 valence electrons. The van der Waals surface area contributed by atoms with Crippen LogP contribution in [-0.2, 0) is 11.3 Å². The lowest BCUT2D eigenvalue weighted by molar-refractivity contribution is -0.663. The van der Waals surface area contributed by atoms with Gasteiger partial charge < -0.3 is 14.8 Å². The van der Waals surface area contributed by atoms with Crippen molar-refractivity contribution in [2.45, 2.75) is 42.9 Å². The SMILES string of the molecule is FC(F)(F)C1=CCC=c2c(c(C3CC[NH2+]CC3)cn2Sc2ccc3c(c2)COCCO3)=C1. The van der Waals surface area contributed by atoms with Crippen molar-refractivity contribution in [1.29, 1.82) is 0 Å². The molecule has 3 aliphatic rings. The van der Waals surface area contributed by atoms with Gasteiger partial charge in [0.05, 0.1) is 37.2 Å². The highest BCUT2D eigenvalue weighted by molar-refractivity contribution is 7.97. The minimum atomic E-state index is -4.35. The van der Waals surface area contributed by atoms with Crippen molar-refractivity contribution in [3.8, 4) is 5.75 Å². The van der Waals surface area contributed by atoms with Gasteiger partial charge in [-0.3, -0.25) is 3.97 Å². The summed E-state index contributed by atoms with van der Waals surface area (Å²) in [6, 6.07) is 5.99. The van der Waals surface area contributed by atoms with Gasteiger partial charge in [0.2, 0.25) is 0 Å². The van der Waals surface area contributed by atoms with Gasteiger partial charge >= 0.3 is 6.18 Å². The van der Waals surface area contributed by atoms with Gasteiger partial charge in [-0.25, -0.2) is 0 Å². The number of fused-ring (bicyclic) bond motifs is 2. The normalized spacial score (nSPS) is 19.4. The number of hydrogen-bond acceptors (Lipinski definition) is 3. The molecule has 0 bridgehead atoms. The molecule has 1 fully saturated rings. The van der Waals surface area contributed by atoms with E-state index in [0.717, 1.165) is 53.1 Å². The van der Waals surface area contributed by atoms with Gasteiger partial charge in [-0.15, -0.1) is 0 Å². The third-order valence-electron chi connectivity index (χ3n) is 6.21. The molecule has 2 aliphatic heterocycles. The zero-order valence-corrected chi connectivity index (χ0v) is 18.5. The topological polar surface area (TPSA) is 40.0 Å². The predicted octanol–water partition coefficient (Wildman–Crippen LogP) is 2.85. The standard InChI is InChI=1S/C24H25F3N2O2S/c25-24(26,27)18-2-1-3-22-20(13-18)21(16-6-8-28-9-7-16)14-29(22)32-19-4-5-23-17(12-19)15-30-10-11-31-23/h2-5,12-14,16,28H,1,6-11,15H2/p+1. The molecule has 0 spiro atoms. The number of rotatable bonds is 3. The molecule has 0 amide bonds. The van der Waals surface area contributed by atoms with Crippen molar-refractivity contribution in [3.05, 3.63) is 57.7 Å². The summed E-state index contributed by atoms with van der Waals surface area (Å²) in [6.07, 6.45) is 4.46. The number of hydrogen-bond donors (Lipinski definition) is 1. The van der Waals surface area contributed by atoms with E-state index in [1.807, 2.05) is 28.2 Å². The zero-order valence-electron chi connectivity index (χ0n) is 17.7. The van der Waals surface area contributed by atoms with Crippen LogP contribution in [0.15, 0.2) is 40.9 Å². The molecule has 3 heterocycles. The maximum Gasteiger partial charge on any atom is 0.416 e. The molecule has 1 aliphatic carbocycles. The molecule has 0 atom stereocenters. The quantitative estimate of drug-likeness (QED) is 0.761. The number of aromatic nitrogens is 1. The molecule has 1 aromatic carbocycles. The van der Waals surface area contributed by atoms with Crippen LogP contribution in [0.1, 0.15) is 36.3 Å². The van der Waals surface area contributed by atoms with Gasteiger partial charge in [-0.1, -0.05) is 12.2 Å². The minimum Gasteiger partial charge on any atom is -0.491 e. The maximum atomic E-state index is 13.6. The fourth-order valence-electron chi connectivity index (χ4n) is 4.61. The molecule has 4 nitrogen and oxygen atoms in total. The first-order chi connectivity index (χ1) is 15.5. The number of ether oxygens (including phenoxy) is 2. The van der Waals surface area contributed by atoms with Crippen molar-refractivity contribution in [2.24, 2.45) is 0 Å². The second kappa shape index (κ2) is 9.00. The highest BCUT2D eigenvalue weighted by Crippen LogP contribution is 2.31. The highest BCUT2D eigenvalue weighted by atomic mass is 32.2. The summed E-state index contributed by atoms with van der Waals surface area (Å²) in [5, 5.41) is 3.84. The summed E-state index contributed by atoms with van der Waals surface area (Å²) in [5.74, 6) is 1.11. The number of quaternary nitrogens is 1. The van der Waals surface area contributed by atoms with Crippen molar-refractivity contribution in [3.63, 3.8) is 0 Å². The number of halogens is 3. The first-order valence-electron chi connectivity index (χ1n) is 11.0. The molecule has 2 aromatic rings. The summed E-state index contributed by atoms with van der Waals surface area (Å²) < 4.78 is 54.1. The van der Waals surface area contributed by atoms with Gasteiger partial charge in [0, 0.05) is 34.7 Å². The summed E-state index contributed by atoms with van der Waals surface area (Å²) in [6.45, 7) is 3.61. The molecular formula is C24H26F3N2O2S+. The van der Waals surface area contributed by atoms with E-state index in [2.05, 4.69) is 11.5 Å². The Bertz CT molecular complexity index is 1150. The first-order valence-corrected chi connectivity index (χ1v) is 11.8. The van der Waals surface area contributed by atoms with Crippen molar-refractivity contribution in [1.82, 2.24) is 3.97 Å². The van der Waals surface area contributed by atoms with E-state index in [1.165, 1.54) is 24.1 Å². The largest absolute Gasteiger partial charge is 0.491 e. The fraction of sp³-hybridized carbons (Fsp3) is 0.417. The number of allylic oxidation sites excluding steroid dienone is 2. The van der Waals surface area contributed by atoms with Crippen LogP contribution in [0, 0.1) is 0 Å². The van der Waals surface area contributed by atoms with E-state index in [9.17, 15) is 13.2 Å². The van der Waals surface area contributed by atoms with Crippen LogP contribution in [0.4, 0.5) is 13.2 Å². The molecule has 2 N–H and O–H groups in total. The molecule has 0 unspecified atom stereocenters. The Morgan fingerprint density at radius 3 is 2.75 bits per heavy atom. The summed E-state index contributed by atoms with van der Waals surface area (Å²) in [7, 11) is 0. The second-order valence-electron chi connectivity index (χ2n) is 8.35. The monoisotopic (exact) mass is 463 g/mol. The smallest absolute Gasteiger partial charge is 0.416 e. The van der Waals surface area contributed by atoms with Crippen LogP contribution in [-0.4, -0.2) is 36.5 Å². The molecular weight excluding hydrogens is 437 g/mol. The van der Waals surface area contributed by atoms with E-state index in [0.29, 0.717) is 25.0 Å². The summed E-state index contributed by atoms with van der Waals surface area (Å²) in [4.78, 5) is 1.00. The Kier molecular flexibility index (Phi) is 6.09. The van der Waals surface area contributed by atoms with Gasteiger partial charge in [-0.05, 0) is 54.1 Å². The lowest BCUT2D eigenvalue weighted by atomic mass is 9.90. The summed E-state index contributed by atoms with van der Waals surface area (Å²) in [5.41, 5.74) is 1.46. The van der Waals surface area contributed by atoms with Crippen LogP contribution >= 0.6 is 11.9 Å².